The summed E-state index contributed by atoms with van der Waals surface area (Å²) in [5.41, 5.74) is 1.22. The minimum Gasteiger partial charge on any atom is -0.486 e. The third kappa shape index (κ3) is 3.54. The van der Waals surface area contributed by atoms with Gasteiger partial charge in [0.2, 0.25) is 0 Å². The second-order valence-corrected chi connectivity index (χ2v) is 7.02. The van der Waals surface area contributed by atoms with Crippen molar-refractivity contribution in [2.24, 2.45) is 0 Å². The van der Waals surface area contributed by atoms with Gasteiger partial charge >= 0.3 is 0 Å². The van der Waals surface area contributed by atoms with Crippen molar-refractivity contribution in [3.05, 3.63) is 52.0 Å². The number of carbonyl (C=O) groups is 1. The van der Waals surface area contributed by atoms with E-state index >= 15 is 0 Å². The predicted octanol–water partition coefficient (Wildman–Crippen LogP) is 3.80. The third-order valence-electron chi connectivity index (χ3n) is 3.86. The van der Waals surface area contributed by atoms with Gasteiger partial charge in [0.05, 0.1) is 9.90 Å². The molecule has 0 spiro atoms. The standard InChI is InChI=1S/C18H15ClN2O4S/c19-12-8-11(9-15-17(12)24-6-5-23-15)3-4-20-18(22)13-10-14(25-21-13)16-2-1-7-26-16/h1-2,7-10H,3-6H2,(H,20,22). The molecule has 8 heteroatoms. The lowest BCUT2D eigenvalue weighted by Gasteiger charge is -2.20. The van der Waals surface area contributed by atoms with Gasteiger partial charge in [0.15, 0.2) is 23.0 Å². The number of carbonyl (C=O) groups excluding carboxylic acids is 1. The molecule has 26 heavy (non-hydrogen) atoms. The van der Waals surface area contributed by atoms with Crippen LogP contribution >= 0.6 is 22.9 Å². The van der Waals surface area contributed by atoms with Crippen molar-refractivity contribution in [3.63, 3.8) is 0 Å². The molecule has 2 aromatic heterocycles. The molecule has 0 atom stereocenters. The van der Waals surface area contributed by atoms with Gasteiger partial charge in [-0.15, -0.1) is 11.3 Å². The number of hydrogen-bond acceptors (Lipinski definition) is 6. The van der Waals surface area contributed by atoms with E-state index in [1.54, 1.807) is 6.07 Å². The summed E-state index contributed by atoms with van der Waals surface area (Å²) in [5, 5.41) is 9.12. The third-order valence-corrected chi connectivity index (χ3v) is 5.03. The van der Waals surface area contributed by atoms with E-state index in [4.69, 9.17) is 25.6 Å². The molecule has 3 heterocycles. The van der Waals surface area contributed by atoms with Crippen LogP contribution in [0.3, 0.4) is 0 Å². The van der Waals surface area contributed by atoms with Crippen molar-refractivity contribution in [3.8, 4) is 22.1 Å². The molecule has 0 saturated heterocycles. The minimum atomic E-state index is -0.278. The Bertz CT molecular complexity index is 923. The van der Waals surface area contributed by atoms with Crippen LogP contribution in [0.4, 0.5) is 0 Å². The maximum absolute atomic E-state index is 12.2. The minimum absolute atomic E-state index is 0.258. The molecule has 134 valence electrons. The van der Waals surface area contributed by atoms with Gasteiger partial charge in [-0.3, -0.25) is 4.79 Å². The van der Waals surface area contributed by atoms with Crippen molar-refractivity contribution in [1.82, 2.24) is 10.5 Å². The molecule has 0 fully saturated rings. The fourth-order valence-electron chi connectivity index (χ4n) is 2.64. The first-order valence-electron chi connectivity index (χ1n) is 8.07. The summed E-state index contributed by atoms with van der Waals surface area (Å²) >= 11 is 7.75. The zero-order valence-corrected chi connectivity index (χ0v) is 15.2. The van der Waals surface area contributed by atoms with Crippen LogP contribution in [0.5, 0.6) is 11.5 Å². The van der Waals surface area contributed by atoms with Crippen molar-refractivity contribution in [2.75, 3.05) is 19.8 Å². The Balaban J connectivity index is 1.36. The van der Waals surface area contributed by atoms with Crippen LogP contribution in [-0.2, 0) is 6.42 Å². The van der Waals surface area contributed by atoms with E-state index in [1.807, 2.05) is 29.6 Å². The quantitative estimate of drug-likeness (QED) is 0.717. The van der Waals surface area contributed by atoms with Crippen molar-refractivity contribution < 1.29 is 18.8 Å². The van der Waals surface area contributed by atoms with E-state index < -0.39 is 0 Å². The number of halogens is 1. The largest absolute Gasteiger partial charge is 0.486 e. The summed E-state index contributed by atoms with van der Waals surface area (Å²) in [7, 11) is 0. The lowest BCUT2D eigenvalue weighted by atomic mass is 10.1. The fourth-order valence-corrected chi connectivity index (χ4v) is 3.60. The summed E-state index contributed by atoms with van der Waals surface area (Å²) in [6.07, 6.45) is 0.609. The number of thiophene rings is 1. The van der Waals surface area contributed by atoms with Crippen molar-refractivity contribution in [1.29, 1.82) is 0 Å². The molecule has 4 rings (SSSR count). The monoisotopic (exact) mass is 390 g/mol. The van der Waals surface area contributed by atoms with E-state index in [2.05, 4.69) is 10.5 Å². The van der Waals surface area contributed by atoms with Gasteiger partial charge in [0.25, 0.3) is 5.91 Å². The molecular weight excluding hydrogens is 376 g/mol. The molecule has 1 aliphatic heterocycles. The van der Waals surface area contributed by atoms with Crippen LogP contribution in [-0.4, -0.2) is 30.8 Å². The highest BCUT2D eigenvalue weighted by atomic mass is 35.5. The van der Waals surface area contributed by atoms with Gasteiger partial charge in [-0.1, -0.05) is 22.8 Å². The second kappa shape index (κ2) is 7.39. The Kier molecular flexibility index (Phi) is 4.81. The molecule has 1 amide bonds. The molecule has 0 saturated carbocycles. The van der Waals surface area contributed by atoms with E-state index in [0.717, 1.165) is 10.4 Å². The lowest BCUT2D eigenvalue weighted by molar-refractivity contribution is 0.0945. The Morgan fingerprint density at radius 3 is 3.00 bits per heavy atom. The number of amides is 1. The number of nitrogens with zero attached hydrogens (tertiary/aromatic N) is 1. The number of benzene rings is 1. The molecule has 1 aliphatic rings. The summed E-state index contributed by atoms with van der Waals surface area (Å²) in [6, 6.07) is 9.19. The first-order valence-corrected chi connectivity index (χ1v) is 9.33. The molecule has 6 nitrogen and oxygen atoms in total. The summed E-state index contributed by atoms with van der Waals surface area (Å²) in [6.45, 7) is 1.44. The number of ether oxygens (including phenoxy) is 2. The van der Waals surface area contributed by atoms with Crippen LogP contribution < -0.4 is 14.8 Å². The molecule has 0 radical (unpaired) electrons. The Labute approximate surface area is 158 Å². The maximum atomic E-state index is 12.2. The molecule has 1 aromatic carbocycles. The molecule has 0 bridgehead atoms. The van der Waals surface area contributed by atoms with E-state index in [-0.39, 0.29) is 11.6 Å². The van der Waals surface area contributed by atoms with Gasteiger partial charge in [-0.2, -0.15) is 0 Å². The van der Waals surface area contributed by atoms with Crippen LogP contribution in [0.25, 0.3) is 10.6 Å². The van der Waals surface area contributed by atoms with E-state index in [9.17, 15) is 4.79 Å². The summed E-state index contributed by atoms with van der Waals surface area (Å²) < 4.78 is 16.3. The molecular formula is C18H15ClN2O4S. The maximum Gasteiger partial charge on any atom is 0.273 e. The van der Waals surface area contributed by atoms with E-state index in [1.165, 1.54) is 11.3 Å². The van der Waals surface area contributed by atoms with Gasteiger partial charge in [0, 0.05) is 12.6 Å². The zero-order chi connectivity index (χ0) is 17.9. The van der Waals surface area contributed by atoms with Gasteiger partial charge in [-0.25, -0.2) is 0 Å². The van der Waals surface area contributed by atoms with Crippen LogP contribution in [0.15, 0.2) is 40.2 Å². The highest BCUT2D eigenvalue weighted by Crippen LogP contribution is 2.38. The predicted molar refractivity (Wildman–Crippen MR) is 98.3 cm³/mol. The highest BCUT2D eigenvalue weighted by Gasteiger charge is 2.17. The first kappa shape index (κ1) is 16.9. The number of hydrogen-bond donors (Lipinski definition) is 1. The van der Waals surface area contributed by atoms with Crippen LogP contribution in [0.2, 0.25) is 5.02 Å². The Morgan fingerprint density at radius 2 is 2.15 bits per heavy atom. The van der Waals surface area contributed by atoms with Crippen LogP contribution in [0, 0.1) is 0 Å². The van der Waals surface area contributed by atoms with Crippen molar-refractivity contribution in [2.45, 2.75) is 6.42 Å². The average Bonchev–Trinajstić information content (AvgIpc) is 3.33. The number of rotatable bonds is 5. The van der Waals surface area contributed by atoms with Gasteiger partial charge in [0.1, 0.15) is 13.2 Å². The highest BCUT2D eigenvalue weighted by molar-refractivity contribution is 7.13. The SMILES string of the molecule is O=C(NCCc1cc(Cl)c2c(c1)OCCO2)c1cc(-c2cccs2)on1. The Hall–Kier alpha value is -2.51. The topological polar surface area (TPSA) is 73.6 Å². The number of nitrogens with one attached hydrogen (secondary N) is 1. The summed E-state index contributed by atoms with van der Waals surface area (Å²) in [4.78, 5) is 13.1. The average molecular weight is 391 g/mol. The lowest BCUT2D eigenvalue weighted by Crippen LogP contribution is -2.26. The molecule has 1 N–H and O–H groups in total. The molecule has 0 aliphatic carbocycles. The normalized spacial score (nSPS) is 12.8. The van der Waals surface area contributed by atoms with Crippen LogP contribution in [0.1, 0.15) is 16.1 Å². The van der Waals surface area contributed by atoms with Gasteiger partial charge < -0.3 is 19.3 Å². The number of aromatic nitrogens is 1. The fraction of sp³-hybridized carbons (Fsp3) is 0.222. The Morgan fingerprint density at radius 1 is 1.27 bits per heavy atom. The smallest absolute Gasteiger partial charge is 0.273 e. The van der Waals surface area contributed by atoms with E-state index in [0.29, 0.717) is 48.5 Å². The number of fused-ring (bicyclic) bond motifs is 1. The molecule has 3 aromatic rings. The second-order valence-electron chi connectivity index (χ2n) is 5.66. The first-order chi connectivity index (χ1) is 12.7. The van der Waals surface area contributed by atoms with Crippen molar-refractivity contribution >= 4 is 28.8 Å². The van der Waals surface area contributed by atoms with Gasteiger partial charge in [-0.05, 0) is 35.6 Å². The molecule has 0 unspecified atom stereocenters. The summed E-state index contributed by atoms with van der Waals surface area (Å²) in [5.74, 6) is 1.53. The zero-order valence-electron chi connectivity index (χ0n) is 13.7.